The molecule has 168 valence electrons. The number of benzene rings is 3. The van der Waals surface area contributed by atoms with E-state index in [-0.39, 0.29) is 0 Å². The van der Waals surface area contributed by atoms with Crippen molar-refractivity contribution >= 4 is 49.3 Å². The monoisotopic (exact) mass is 472 g/mol. The lowest BCUT2D eigenvalue weighted by Gasteiger charge is -2.21. The van der Waals surface area contributed by atoms with Gasteiger partial charge in [-0.05, 0) is 61.1 Å². The van der Waals surface area contributed by atoms with Gasteiger partial charge in [-0.25, -0.2) is 4.98 Å². The molecule has 33 heavy (non-hydrogen) atoms. The minimum absolute atomic E-state index is 0.404. The minimum Gasteiger partial charge on any atom is -0.361 e. The fourth-order valence-corrected chi connectivity index (χ4v) is 5.84. The third-order valence-corrected chi connectivity index (χ3v) is 7.70. The van der Waals surface area contributed by atoms with Crippen molar-refractivity contribution in [3.8, 4) is 0 Å². The van der Waals surface area contributed by atoms with E-state index in [1.807, 2.05) is 17.8 Å². The largest absolute Gasteiger partial charge is 0.361 e. The molecule has 1 unspecified atom stereocenters. The molecule has 4 nitrogen and oxygen atoms in total. The molecule has 5 rings (SSSR count). The van der Waals surface area contributed by atoms with Crippen LogP contribution in [-0.4, -0.2) is 28.5 Å². The first-order valence-corrected chi connectivity index (χ1v) is 13.3. The summed E-state index contributed by atoms with van der Waals surface area (Å²) >= 11 is 3.53. The molecule has 0 saturated heterocycles. The van der Waals surface area contributed by atoms with Crippen molar-refractivity contribution in [2.75, 3.05) is 22.9 Å². The van der Waals surface area contributed by atoms with Crippen LogP contribution in [0.25, 0.3) is 10.2 Å². The van der Waals surface area contributed by atoms with Crippen LogP contribution in [0.15, 0.2) is 83.9 Å². The molecule has 1 aliphatic heterocycles. The van der Waals surface area contributed by atoms with Gasteiger partial charge in [-0.2, -0.15) is 0 Å². The number of fused-ring (bicyclic) bond motifs is 1. The lowest BCUT2D eigenvalue weighted by Crippen LogP contribution is -2.20. The van der Waals surface area contributed by atoms with Crippen molar-refractivity contribution in [1.82, 2.24) is 4.98 Å². The molecule has 1 aromatic heterocycles. The molecular weight excluding hydrogens is 444 g/mol. The van der Waals surface area contributed by atoms with E-state index < -0.39 is 0 Å². The van der Waals surface area contributed by atoms with Gasteiger partial charge in [0, 0.05) is 18.0 Å². The van der Waals surface area contributed by atoms with Crippen molar-refractivity contribution in [3.63, 3.8) is 0 Å². The standard InChI is InChI=1S/C27H28N4S2/c1-2-6-20(7-3-1)10-15-23-17-19-32-27(30-23)29-22-13-11-21(12-14-22)16-18-28-26-31-24-8-4-5-9-25(24)33-26/h1-9,11-14,23H,10,15-19H2,(H,28,31)(H,29,30). The average Bonchev–Trinajstić information content (AvgIpc) is 3.28. The number of hydrogen-bond donors (Lipinski definition) is 2. The van der Waals surface area contributed by atoms with E-state index in [1.54, 1.807) is 11.3 Å². The summed E-state index contributed by atoms with van der Waals surface area (Å²) in [6, 6.07) is 28.1. The summed E-state index contributed by atoms with van der Waals surface area (Å²) in [6.07, 6.45) is 4.32. The van der Waals surface area contributed by atoms with Crippen LogP contribution in [0.2, 0.25) is 0 Å². The number of rotatable bonds is 8. The van der Waals surface area contributed by atoms with Crippen LogP contribution in [-0.2, 0) is 12.8 Å². The lowest BCUT2D eigenvalue weighted by atomic mass is 10.0. The predicted octanol–water partition coefficient (Wildman–Crippen LogP) is 6.86. The van der Waals surface area contributed by atoms with E-state index >= 15 is 0 Å². The first kappa shape index (κ1) is 22.0. The van der Waals surface area contributed by atoms with Crippen LogP contribution in [0.3, 0.4) is 0 Å². The number of amidine groups is 1. The van der Waals surface area contributed by atoms with E-state index in [4.69, 9.17) is 4.99 Å². The third kappa shape index (κ3) is 6.15. The van der Waals surface area contributed by atoms with Crippen LogP contribution in [0.5, 0.6) is 0 Å². The highest BCUT2D eigenvalue weighted by Crippen LogP contribution is 2.26. The molecular formula is C27H28N4S2. The number of aliphatic imine (C=N–C) groups is 1. The topological polar surface area (TPSA) is 49.3 Å². The zero-order valence-corrected chi connectivity index (χ0v) is 20.2. The maximum atomic E-state index is 4.97. The highest BCUT2D eigenvalue weighted by atomic mass is 32.2. The lowest BCUT2D eigenvalue weighted by molar-refractivity contribution is 0.601. The number of para-hydroxylation sites is 1. The van der Waals surface area contributed by atoms with Gasteiger partial charge in [0.05, 0.1) is 16.3 Å². The summed E-state index contributed by atoms with van der Waals surface area (Å²) in [5.41, 5.74) is 4.88. The molecule has 1 atom stereocenters. The summed E-state index contributed by atoms with van der Waals surface area (Å²) in [6.45, 7) is 0.873. The molecule has 0 bridgehead atoms. The summed E-state index contributed by atoms with van der Waals surface area (Å²) in [7, 11) is 0. The van der Waals surface area contributed by atoms with Gasteiger partial charge in [0.15, 0.2) is 10.3 Å². The van der Waals surface area contributed by atoms with Crippen LogP contribution in [0.4, 0.5) is 10.8 Å². The molecule has 0 fully saturated rings. The van der Waals surface area contributed by atoms with E-state index in [9.17, 15) is 0 Å². The maximum absolute atomic E-state index is 4.97. The first-order chi connectivity index (χ1) is 16.3. The number of nitrogens with one attached hydrogen (secondary N) is 2. The van der Waals surface area contributed by atoms with Gasteiger partial charge in [0.25, 0.3) is 0 Å². The summed E-state index contributed by atoms with van der Waals surface area (Å²) in [5, 5.41) is 9.02. The van der Waals surface area contributed by atoms with E-state index in [0.717, 1.165) is 59.5 Å². The zero-order valence-electron chi connectivity index (χ0n) is 18.5. The third-order valence-electron chi connectivity index (χ3n) is 5.79. The second-order valence-corrected chi connectivity index (χ2v) is 10.3. The Morgan fingerprint density at radius 3 is 2.48 bits per heavy atom. The molecule has 3 aromatic carbocycles. The molecule has 6 heteroatoms. The fraction of sp³-hybridized carbons (Fsp3) is 0.259. The number of thioether (sulfide) groups is 1. The Morgan fingerprint density at radius 1 is 0.848 bits per heavy atom. The van der Waals surface area contributed by atoms with Crippen LogP contribution >= 0.6 is 23.1 Å². The van der Waals surface area contributed by atoms with Crippen LogP contribution in [0, 0.1) is 0 Å². The highest BCUT2D eigenvalue weighted by molar-refractivity contribution is 8.14. The van der Waals surface area contributed by atoms with Gasteiger partial charge >= 0.3 is 0 Å². The number of nitrogens with zero attached hydrogens (tertiary/aromatic N) is 2. The molecule has 0 aliphatic carbocycles. The second kappa shape index (κ2) is 10.9. The van der Waals surface area contributed by atoms with Crippen molar-refractivity contribution in [1.29, 1.82) is 0 Å². The molecule has 4 aromatic rings. The average molecular weight is 473 g/mol. The van der Waals surface area contributed by atoms with Crippen molar-refractivity contribution < 1.29 is 0 Å². The minimum atomic E-state index is 0.404. The second-order valence-electron chi connectivity index (χ2n) is 8.23. The Kier molecular flexibility index (Phi) is 7.23. The van der Waals surface area contributed by atoms with Crippen molar-refractivity contribution in [2.24, 2.45) is 4.99 Å². The van der Waals surface area contributed by atoms with Gasteiger partial charge in [0.1, 0.15) is 0 Å². The Morgan fingerprint density at radius 2 is 1.64 bits per heavy atom. The Hall–Kier alpha value is -2.83. The molecule has 2 heterocycles. The highest BCUT2D eigenvalue weighted by Gasteiger charge is 2.16. The number of aryl methyl sites for hydroxylation is 1. The summed E-state index contributed by atoms with van der Waals surface area (Å²) in [4.78, 5) is 9.61. The predicted molar refractivity (Wildman–Crippen MR) is 145 cm³/mol. The molecule has 0 saturated carbocycles. The van der Waals surface area contributed by atoms with Gasteiger partial charge in [-0.3, -0.25) is 4.99 Å². The van der Waals surface area contributed by atoms with Gasteiger partial charge in [-0.15, -0.1) is 0 Å². The number of anilines is 2. The Bertz CT molecular complexity index is 1170. The molecule has 1 aliphatic rings. The quantitative estimate of drug-likeness (QED) is 0.294. The van der Waals surface area contributed by atoms with E-state index in [2.05, 4.69) is 88.4 Å². The number of hydrogen-bond acceptors (Lipinski definition) is 6. The summed E-state index contributed by atoms with van der Waals surface area (Å²) < 4.78 is 1.22. The van der Waals surface area contributed by atoms with E-state index in [0.29, 0.717) is 6.04 Å². The van der Waals surface area contributed by atoms with Gasteiger partial charge in [-0.1, -0.05) is 77.7 Å². The summed E-state index contributed by atoms with van der Waals surface area (Å²) in [5.74, 6) is 1.13. The molecule has 0 amide bonds. The SMILES string of the molecule is c1ccc(CCC2CCSC(Nc3ccc(CCNc4nc5ccccc5s4)cc3)=N2)cc1. The number of thiazole rings is 1. The normalized spacial score (nSPS) is 15.9. The smallest absolute Gasteiger partial charge is 0.183 e. The van der Waals surface area contributed by atoms with Crippen molar-refractivity contribution in [3.05, 3.63) is 90.0 Å². The zero-order chi connectivity index (χ0) is 22.3. The van der Waals surface area contributed by atoms with Crippen molar-refractivity contribution in [2.45, 2.75) is 31.7 Å². The fourth-order valence-electron chi connectivity index (χ4n) is 3.95. The molecule has 2 N–H and O–H groups in total. The molecule has 0 spiro atoms. The van der Waals surface area contributed by atoms with E-state index in [1.165, 1.54) is 15.8 Å². The van der Waals surface area contributed by atoms with Gasteiger partial charge < -0.3 is 10.6 Å². The Labute approximate surface area is 203 Å². The first-order valence-electron chi connectivity index (χ1n) is 11.5. The van der Waals surface area contributed by atoms with Gasteiger partial charge in [0.2, 0.25) is 0 Å². The van der Waals surface area contributed by atoms with Crippen LogP contribution < -0.4 is 10.6 Å². The Balaban J connectivity index is 1.10. The van der Waals surface area contributed by atoms with Crippen LogP contribution in [0.1, 0.15) is 24.0 Å². The maximum Gasteiger partial charge on any atom is 0.183 e. The number of aromatic nitrogens is 1. The molecule has 0 radical (unpaired) electrons.